The zero-order chi connectivity index (χ0) is 19.8. The Bertz CT molecular complexity index is 876. The number of carbonyl (C=O) groups is 1. The second-order valence-electron chi connectivity index (χ2n) is 8.63. The molecule has 0 saturated carbocycles. The molecule has 6 heteroatoms. The zero-order valence-corrected chi connectivity index (χ0v) is 18.3. The number of ether oxygens (including phenoxy) is 1. The summed E-state index contributed by atoms with van der Waals surface area (Å²) in [5, 5.41) is 1.25. The number of thiophene rings is 1. The van der Waals surface area contributed by atoms with E-state index in [2.05, 4.69) is 25.7 Å². The SMILES string of the molecule is CCOC(=O)[C@H]1CCCN(c2nc(C(C)C)nc3sc4c(c23)CC[C@@H](C)C4)C1. The van der Waals surface area contributed by atoms with Gasteiger partial charge in [-0.15, -0.1) is 11.3 Å². The van der Waals surface area contributed by atoms with Crippen LogP contribution in [0.15, 0.2) is 0 Å². The predicted molar refractivity (Wildman–Crippen MR) is 114 cm³/mol. The number of aromatic nitrogens is 2. The van der Waals surface area contributed by atoms with Crippen molar-refractivity contribution in [2.75, 3.05) is 24.6 Å². The van der Waals surface area contributed by atoms with E-state index in [0.717, 1.165) is 54.6 Å². The van der Waals surface area contributed by atoms with Gasteiger partial charge in [-0.2, -0.15) is 0 Å². The molecule has 1 fully saturated rings. The molecule has 0 radical (unpaired) electrons. The van der Waals surface area contributed by atoms with Crippen LogP contribution in [0, 0.1) is 11.8 Å². The molecule has 0 amide bonds. The van der Waals surface area contributed by atoms with Gasteiger partial charge in [0.05, 0.1) is 17.9 Å². The molecular weight excluding hydrogens is 370 g/mol. The summed E-state index contributed by atoms with van der Waals surface area (Å²) in [5.74, 6) is 2.86. The molecule has 28 heavy (non-hydrogen) atoms. The van der Waals surface area contributed by atoms with Gasteiger partial charge in [0.25, 0.3) is 0 Å². The van der Waals surface area contributed by atoms with Crippen LogP contribution in [-0.2, 0) is 22.4 Å². The van der Waals surface area contributed by atoms with E-state index in [1.54, 1.807) is 0 Å². The van der Waals surface area contributed by atoms with Crippen molar-refractivity contribution >= 4 is 33.3 Å². The zero-order valence-electron chi connectivity index (χ0n) is 17.5. The van der Waals surface area contributed by atoms with Crippen LogP contribution < -0.4 is 4.90 Å². The second-order valence-corrected chi connectivity index (χ2v) is 9.71. The maximum Gasteiger partial charge on any atom is 0.310 e. The number of carbonyl (C=O) groups excluding carboxylic acids is 1. The standard InChI is InChI=1S/C22H31N3O2S/c1-5-27-22(26)15-7-6-10-25(12-15)20-18-16-9-8-14(4)11-17(16)28-21(18)24-19(23-20)13(2)3/h13-15H,5-12H2,1-4H3/t14-,15+/m1/s1. The van der Waals surface area contributed by atoms with Crippen molar-refractivity contribution in [2.45, 2.75) is 65.7 Å². The lowest BCUT2D eigenvalue weighted by Crippen LogP contribution is -2.40. The van der Waals surface area contributed by atoms with Crippen molar-refractivity contribution in [2.24, 2.45) is 11.8 Å². The summed E-state index contributed by atoms with van der Waals surface area (Å²) in [6.07, 6.45) is 5.39. The van der Waals surface area contributed by atoms with Crippen molar-refractivity contribution in [3.8, 4) is 0 Å². The van der Waals surface area contributed by atoms with E-state index in [9.17, 15) is 4.79 Å². The molecule has 0 spiro atoms. The first-order valence-electron chi connectivity index (χ1n) is 10.7. The third-order valence-corrected chi connectivity index (χ3v) is 7.16. The largest absolute Gasteiger partial charge is 0.466 e. The predicted octanol–water partition coefficient (Wildman–Crippen LogP) is 4.72. The number of piperidine rings is 1. The molecular formula is C22H31N3O2S. The molecule has 4 rings (SSSR count). The maximum absolute atomic E-state index is 12.4. The minimum atomic E-state index is -0.0669. The maximum atomic E-state index is 12.4. The molecule has 0 unspecified atom stereocenters. The van der Waals surface area contributed by atoms with Gasteiger partial charge in [0.15, 0.2) is 0 Å². The monoisotopic (exact) mass is 401 g/mol. The second kappa shape index (κ2) is 7.97. The van der Waals surface area contributed by atoms with Crippen LogP contribution in [0.1, 0.15) is 69.1 Å². The number of hydrogen-bond acceptors (Lipinski definition) is 6. The van der Waals surface area contributed by atoms with Crippen molar-refractivity contribution in [3.05, 3.63) is 16.3 Å². The Labute approximate surface area is 171 Å². The van der Waals surface area contributed by atoms with Gasteiger partial charge in [-0.3, -0.25) is 4.79 Å². The molecule has 5 nitrogen and oxygen atoms in total. The molecule has 1 aliphatic carbocycles. The average molecular weight is 402 g/mol. The number of anilines is 1. The lowest BCUT2D eigenvalue weighted by Gasteiger charge is -2.33. The van der Waals surface area contributed by atoms with Crippen LogP contribution >= 0.6 is 11.3 Å². The highest BCUT2D eigenvalue weighted by atomic mass is 32.1. The van der Waals surface area contributed by atoms with Crippen LogP contribution in [0.5, 0.6) is 0 Å². The molecule has 152 valence electrons. The highest BCUT2D eigenvalue weighted by Gasteiger charge is 2.31. The van der Waals surface area contributed by atoms with Gasteiger partial charge in [-0.1, -0.05) is 20.8 Å². The van der Waals surface area contributed by atoms with E-state index < -0.39 is 0 Å². The van der Waals surface area contributed by atoms with Crippen molar-refractivity contribution < 1.29 is 9.53 Å². The van der Waals surface area contributed by atoms with Crippen molar-refractivity contribution in [1.82, 2.24) is 9.97 Å². The highest BCUT2D eigenvalue weighted by Crippen LogP contribution is 2.42. The normalized spacial score (nSPS) is 22.5. The van der Waals surface area contributed by atoms with Gasteiger partial charge in [0.1, 0.15) is 16.5 Å². The summed E-state index contributed by atoms with van der Waals surface area (Å²) >= 11 is 1.86. The third-order valence-electron chi connectivity index (χ3n) is 6.01. The number of rotatable bonds is 4. The molecule has 2 aromatic heterocycles. The van der Waals surface area contributed by atoms with Gasteiger partial charge < -0.3 is 9.64 Å². The number of fused-ring (bicyclic) bond motifs is 3. The summed E-state index contributed by atoms with van der Waals surface area (Å²) < 4.78 is 5.31. The van der Waals surface area contributed by atoms with E-state index in [1.165, 1.54) is 22.2 Å². The van der Waals surface area contributed by atoms with Crippen LogP contribution in [0.2, 0.25) is 0 Å². The first-order valence-corrected chi connectivity index (χ1v) is 11.5. The molecule has 2 atom stereocenters. The third kappa shape index (κ3) is 3.63. The minimum Gasteiger partial charge on any atom is -0.466 e. The number of hydrogen-bond donors (Lipinski definition) is 0. The van der Waals surface area contributed by atoms with Crippen LogP contribution in [0.4, 0.5) is 5.82 Å². The Balaban J connectivity index is 1.77. The van der Waals surface area contributed by atoms with E-state index >= 15 is 0 Å². The molecule has 1 saturated heterocycles. The summed E-state index contributed by atoms with van der Waals surface area (Å²) in [5.41, 5.74) is 1.46. The average Bonchev–Trinajstić information content (AvgIpc) is 3.04. The van der Waals surface area contributed by atoms with E-state index in [1.807, 2.05) is 18.3 Å². The smallest absolute Gasteiger partial charge is 0.310 e. The van der Waals surface area contributed by atoms with Gasteiger partial charge in [-0.05, 0) is 50.5 Å². The summed E-state index contributed by atoms with van der Waals surface area (Å²) in [4.78, 5) is 27.3. The Kier molecular flexibility index (Phi) is 5.59. The Morgan fingerprint density at radius 2 is 2.14 bits per heavy atom. The topological polar surface area (TPSA) is 55.3 Å². The van der Waals surface area contributed by atoms with Crippen molar-refractivity contribution in [1.29, 1.82) is 0 Å². The summed E-state index contributed by atoms with van der Waals surface area (Å²) in [6, 6.07) is 0. The quantitative estimate of drug-likeness (QED) is 0.694. The first kappa shape index (κ1) is 19.6. The van der Waals surface area contributed by atoms with Crippen LogP contribution in [-0.4, -0.2) is 35.6 Å². The lowest BCUT2D eigenvalue weighted by atomic mass is 9.89. The number of esters is 1. The van der Waals surface area contributed by atoms with Crippen LogP contribution in [0.3, 0.4) is 0 Å². The molecule has 0 aromatic carbocycles. The van der Waals surface area contributed by atoms with Crippen LogP contribution in [0.25, 0.3) is 10.2 Å². The first-order chi connectivity index (χ1) is 13.5. The fourth-order valence-electron chi connectivity index (χ4n) is 4.45. The minimum absolute atomic E-state index is 0.0595. The Hall–Kier alpha value is -1.69. The molecule has 0 bridgehead atoms. The molecule has 2 aliphatic rings. The van der Waals surface area contributed by atoms with Gasteiger partial charge in [-0.25, -0.2) is 9.97 Å². The number of aryl methyl sites for hydroxylation is 1. The van der Waals surface area contributed by atoms with Gasteiger partial charge in [0.2, 0.25) is 0 Å². The van der Waals surface area contributed by atoms with E-state index in [-0.39, 0.29) is 17.8 Å². The highest BCUT2D eigenvalue weighted by molar-refractivity contribution is 7.19. The van der Waals surface area contributed by atoms with Gasteiger partial charge in [0, 0.05) is 23.9 Å². The molecule has 2 aromatic rings. The van der Waals surface area contributed by atoms with E-state index in [0.29, 0.717) is 13.2 Å². The lowest BCUT2D eigenvalue weighted by molar-refractivity contribution is -0.148. The fourth-order valence-corrected chi connectivity index (χ4v) is 5.83. The summed E-state index contributed by atoms with van der Waals surface area (Å²) in [7, 11) is 0. The molecule has 1 aliphatic heterocycles. The van der Waals surface area contributed by atoms with E-state index in [4.69, 9.17) is 14.7 Å². The van der Waals surface area contributed by atoms with Crippen molar-refractivity contribution in [3.63, 3.8) is 0 Å². The Morgan fingerprint density at radius 3 is 2.89 bits per heavy atom. The number of nitrogens with zero attached hydrogens (tertiary/aromatic N) is 3. The summed E-state index contributed by atoms with van der Waals surface area (Å²) in [6.45, 7) is 10.6. The fraction of sp³-hybridized carbons (Fsp3) is 0.682. The molecule has 0 N–H and O–H groups in total. The van der Waals surface area contributed by atoms with Gasteiger partial charge >= 0.3 is 5.97 Å². The molecule has 3 heterocycles. The Morgan fingerprint density at radius 1 is 1.32 bits per heavy atom.